The van der Waals surface area contributed by atoms with Crippen molar-refractivity contribution in [2.75, 3.05) is 44.7 Å². The molecule has 1 aliphatic heterocycles. The highest BCUT2D eigenvalue weighted by Gasteiger charge is 2.19. The van der Waals surface area contributed by atoms with Gasteiger partial charge in [-0.05, 0) is 26.9 Å². The van der Waals surface area contributed by atoms with E-state index in [1.807, 2.05) is 6.92 Å². The van der Waals surface area contributed by atoms with Crippen LogP contribution >= 0.6 is 11.7 Å². The highest BCUT2D eigenvalue weighted by atomic mass is 32.1. The Morgan fingerprint density at radius 1 is 1.25 bits per heavy atom. The molecule has 5 nitrogen and oxygen atoms in total. The molecule has 0 unspecified atom stereocenters. The normalized spacial score (nSPS) is 18.5. The number of nitrogens with zero attached hydrogens (tertiary/aromatic N) is 4. The van der Waals surface area contributed by atoms with Gasteiger partial charge in [-0.2, -0.15) is 4.37 Å². The highest BCUT2D eigenvalue weighted by Crippen LogP contribution is 2.26. The quantitative estimate of drug-likeness (QED) is 0.793. The van der Waals surface area contributed by atoms with Crippen LogP contribution in [0.1, 0.15) is 13.3 Å². The molecule has 0 N–H and O–H groups in total. The first-order chi connectivity index (χ1) is 7.81. The lowest BCUT2D eigenvalue weighted by Crippen LogP contribution is -2.29. The van der Waals surface area contributed by atoms with Crippen molar-refractivity contribution in [2.45, 2.75) is 13.3 Å². The summed E-state index contributed by atoms with van der Waals surface area (Å²) in [5.74, 6) is 1.61. The van der Waals surface area contributed by atoms with Crippen LogP contribution in [0.2, 0.25) is 0 Å². The van der Waals surface area contributed by atoms with E-state index in [-0.39, 0.29) is 0 Å². The van der Waals surface area contributed by atoms with Crippen molar-refractivity contribution in [3.63, 3.8) is 0 Å². The molecule has 1 fully saturated rings. The smallest absolute Gasteiger partial charge is 0.270 e. The third-order valence-electron chi connectivity index (χ3n) is 2.74. The fourth-order valence-corrected chi connectivity index (χ4v) is 2.38. The summed E-state index contributed by atoms with van der Waals surface area (Å²) < 4.78 is 14.0. The Labute approximate surface area is 100 Å². The molecule has 6 heteroatoms. The van der Waals surface area contributed by atoms with Crippen LogP contribution in [-0.2, 0) is 0 Å². The summed E-state index contributed by atoms with van der Waals surface area (Å²) in [6.07, 6.45) is 1.17. The fourth-order valence-electron chi connectivity index (χ4n) is 1.85. The van der Waals surface area contributed by atoms with Gasteiger partial charge in [0.05, 0.1) is 18.3 Å². The maximum atomic E-state index is 5.48. The van der Waals surface area contributed by atoms with Gasteiger partial charge in [0, 0.05) is 19.6 Å². The average molecular weight is 242 g/mol. The van der Waals surface area contributed by atoms with Crippen LogP contribution in [0, 0.1) is 0 Å². The van der Waals surface area contributed by atoms with Gasteiger partial charge >= 0.3 is 0 Å². The minimum Gasteiger partial charge on any atom is -0.475 e. The molecule has 1 aromatic rings. The van der Waals surface area contributed by atoms with Gasteiger partial charge in [0.25, 0.3) is 5.88 Å². The zero-order chi connectivity index (χ0) is 11.4. The maximum Gasteiger partial charge on any atom is 0.270 e. The van der Waals surface area contributed by atoms with Crippen molar-refractivity contribution >= 4 is 17.5 Å². The van der Waals surface area contributed by atoms with Gasteiger partial charge in [0.2, 0.25) is 5.82 Å². The molecule has 0 aliphatic carbocycles. The van der Waals surface area contributed by atoms with Crippen molar-refractivity contribution in [1.29, 1.82) is 0 Å². The molecule has 0 saturated carbocycles. The first-order valence-corrected chi connectivity index (χ1v) is 6.43. The zero-order valence-electron chi connectivity index (χ0n) is 9.85. The number of likely N-dealkylation sites (N-methyl/N-ethyl adjacent to an activating group) is 1. The zero-order valence-corrected chi connectivity index (χ0v) is 10.7. The van der Waals surface area contributed by atoms with E-state index in [0.29, 0.717) is 12.5 Å². The van der Waals surface area contributed by atoms with Crippen LogP contribution < -0.4 is 9.64 Å². The molecule has 0 atom stereocenters. The summed E-state index contributed by atoms with van der Waals surface area (Å²) in [4.78, 5) is 4.62. The van der Waals surface area contributed by atoms with E-state index in [9.17, 15) is 0 Å². The van der Waals surface area contributed by atoms with Crippen molar-refractivity contribution in [3.05, 3.63) is 0 Å². The lowest BCUT2D eigenvalue weighted by atomic mass is 10.4. The predicted molar refractivity (Wildman–Crippen MR) is 65.4 cm³/mol. The maximum absolute atomic E-state index is 5.48. The van der Waals surface area contributed by atoms with E-state index in [4.69, 9.17) is 4.74 Å². The molecule has 0 spiro atoms. The van der Waals surface area contributed by atoms with Gasteiger partial charge < -0.3 is 14.5 Å². The third kappa shape index (κ3) is 2.62. The van der Waals surface area contributed by atoms with E-state index >= 15 is 0 Å². The molecule has 2 rings (SSSR count). The molecule has 0 aromatic carbocycles. The molecule has 90 valence electrons. The number of aromatic nitrogens is 2. The lowest BCUT2D eigenvalue weighted by molar-refractivity contribution is 0.329. The molecule has 0 radical (unpaired) electrons. The van der Waals surface area contributed by atoms with Gasteiger partial charge in [-0.25, -0.2) is 0 Å². The topological polar surface area (TPSA) is 41.5 Å². The summed E-state index contributed by atoms with van der Waals surface area (Å²) >= 11 is 1.23. The molecule has 0 bridgehead atoms. The van der Waals surface area contributed by atoms with Crippen molar-refractivity contribution < 1.29 is 4.74 Å². The van der Waals surface area contributed by atoms with E-state index in [0.717, 1.165) is 32.0 Å². The largest absolute Gasteiger partial charge is 0.475 e. The minimum atomic E-state index is 0.645. The van der Waals surface area contributed by atoms with Crippen LogP contribution in [0.4, 0.5) is 5.82 Å². The Bertz CT molecular complexity index is 330. The molecular weight excluding hydrogens is 224 g/mol. The van der Waals surface area contributed by atoms with E-state index in [1.54, 1.807) is 0 Å². The molecular formula is C10H18N4OS. The second-order valence-corrected chi connectivity index (χ2v) is 4.50. The number of hydrogen-bond acceptors (Lipinski definition) is 6. The van der Waals surface area contributed by atoms with E-state index in [1.165, 1.54) is 18.1 Å². The van der Waals surface area contributed by atoms with Crippen molar-refractivity contribution in [3.8, 4) is 5.88 Å². The lowest BCUT2D eigenvalue weighted by Gasteiger charge is -2.20. The Balaban J connectivity index is 2.07. The van der Waals surface area contributed by atoms with Crippen LogP contribution in [0.25, 0.3) is 0 Å². The number of anilines is 1. The third-order valence-corrected chi connectivity index (χ3v) is 3.24. The fraction of sp³-hybridized carbons (Fsp3) is 0.800. The summed E-state index contributed by atoms with van der Waals surface area (Å²) in [5.41, 5.74) is 0. The van der Waals surface area contributed by atoms with Crippen molar-refractivity contribution in [1.82, 2.24) is 13.6 Å². The molecule has 16 heavy (non-hydrogen) atoms. The van der Waals surface area contributed by atoms with Gasteiger partial charge in [-0.1, -0.05) is 0 Å². The summed E-state index contributed by atoms with van der Waals surface area (Å²) in [6.45, 7) is 6.88. The average Bonchev–Trinajstić information content (AvgIpc) is 2.61. The Hall–Kier alpha value is -0.880. The highest BCUT2D eigenvalue weighted by molar-refractivity contribution is 6.99. The van der Waals surface area contributed by atoms with Gasteiger partial charge in [-0.3, -0.25) is 0 Å². The van der Waals surface area contributed by atoms with Crippen LogP contribution in [0.5, 0.6) is 5.88 Å². The Kier molecular flexibility index (Phi) is 3.95. The standard InChI is InChI=1S/C10H18N4OS/c1-3-15-10-9(11-16-12-10)14-6-4-5-13(2)7-8-14/h3-8H2,1-2H3. The molecule has 0 amide bonds. The number of ether oxygens (including phenoxy) is 1. The molecule has 1 aliphatic rings. The van der Waals surface area contributed by atoms with E-state index < -0.39 is 0 Å². The van der Waals surface area contributed by atoms with Crippen molar-refractivity contribution in [2.24, 2.45) is 0 Å². The predicted octanol–water partition coefficient (Wildman–Crippen LogP) is 1.08. The molecule has 1 saturated heterocycles. The molecule has 2 heterocycles. The summed E-state index contributed by atoms with van der Waals surface area (Å²) in [7, 11) is 2.16. The van der Waals surface area contributed by atoms with Crippen LogP contribution in [0.15, 0.2) is 0 Å². The summed E-state index contributed by atoms with van der Waals surface area (Å²) in [6, 6.07) is 0. The number of rotatable bonds is 3. The van der Waals surface area contributed by atoms with E-state index in [2.05, 4.69) is 25.6 Å². The Morgan fingerprint density at radius 3 is 2.94 bits per heavy atom. The van der Waals surface area contributed by atoms with Crippen LogP contribution in [-0.4, -0.2) is 53.5 Å². The van der Waals surface area contributed by atoms with Gasteiger partial charge in [-0.15, -0.1) is 4.37 Å². The Morgan fingerprint density at radius 2 is 2.12 bits per heavy atom. The first-order valence-electron chi connectivity index (χ1n) is 5.70. The van der Waals surface area contributed by atoms with Gasteiger partial charge in [0.15, 0.2) is 0 Å². The SMILES string of the molecule is CCOc1nsnc1N1CCCN(C)CC1. The number of hydrogen-bond donors (Lipinski definition) is 0. The minimum absolute atomic E-state index is 0.645. The second kappa shape index (κ2) is 5.45. The second-order valence-electron chi connectivity index (χ2n) is 3.97. The summed E-state index contributed by atoms with van der Waals surface area (Å²) in [5, 5.41) is 0. The van der Waals surface area contributed by atoms with Crippen LogP contribution in [0.3, 0.4) is 0 Å². The first kappa shape index (κ1) is 11.6. The van der Waals surface area contributed by atoms with Gasteiger partial charge in [0.1, 0.15) is 0 Å². The monoisotopic (exact) mass is 242 g/mol. The molecule has 1 aromatic heterocycles.